The van der Waals surface area contributed by atoms with Gasteiger partial charge in [0.15, 0.2) is 0 Å². The third-order valence-electron chi connectivity index (χ3n) is 6.18. The Hall–Kier alpha value is -2.02. The van der Waals surface area contributed by atoms with Gasteiger partial charge in [-0.2, -0.15) is 5.10 Å². The molecule has 1 fully saturated rings. The predicted molar refractivity (Wildman–Crippen MR) is 110 cm³/mol. The highest BCUT2D eigenvalue weighted by Gasteiger charge is 2.39. The zero-order valence-electron chi connectivity index (χ0n) is 17.5. The summed E-state index contributed by atoms with van der Waals surface area (Å²) in [5.41, 5.74) is 1.88. The molecule has 29 heavy (non-hydrogen) atoms. The van der Waals surface area contributed by atoms with E-state index in [-0.39, 0.29) is 11.5 Å². The first-order chi connectivity index (χ1) is 13.8. The fourth-order valence-corrected chi connectivity index (χ4v) is 4.56. The molecular formula is C22H31F2N5. The van der Waals surface area contributed by atoms with Crippen molar-refractivity contribution in [1.29, 1.82) is 0 Å². The van der Waals surface area contributed by atoms with E-state index in [1.54, 1.807) is 6.20 Å². The number of alkyl halides is 2. The molecule has 5 nitrogen and oxygen atoms in total. The fraction of sp³-hybridized carbons (Fsp3) is 0.636. The van der Waals surface area contributed by atoms with Crippen molar-refractivity contribution in [2.75, 3.05) is 18.4 Å². The maximum absolute atomic E-state index is 13.9. The molecule has 4 rings (SSSR count). The van der Waals surface area contributed by atoms with Crippen LogP contribution in [0.1, 0.15) is 57.3 Å². The first-order valence-corrected chi connectivity index (χ1v) is 10.6. The second-order valence-electron chi connectivity index (χ2n) is 9.50. The molecular weight excluding hydrogens is 372 g/mol. The molecule has 0 saturated carbocycles. The number of anilines is 1. The molecule has 0 aromatic carbocycles. The maximum Gasteiger partial charge on any atom is 0.260 e. The van der Waals surface area contributed by atoms with Gasteiger partial charge < -0.3 is 5.32 Å². The number of hydrogen-bond acceptors (Lipinski definition) is 4. The van der Waals surface area contributed by atoms with Gasteiger partial charge >= 0.3 is 0 Å². The van der Waals surface area contributed by atoms with Crippen LogP contribution in [0.3, 0.4) is 0 Å². The van der Waals surface area contributed by atoms with Gasteiger partial charge in [0.2, 0.25) is 0 Å². The number of rotatable bonds is 4. The third-order valence-corrected chi connectivity index (χ3v) is 6.18. The number of nitrogens with zero attached hydrogens (tertiary/aromatic N) is 4. The van der Waals surface area contributed by atoms with Gasteiger partial charge in [-0.15, -0.1) is 0 Å². The summed E-state index contributed by atoms with van der Waals surface area (Å²) in [7, 11) is 0. The van der Waals surface area contributed by atoms with Crippen LogP contribution >= 0.6 is 0 Å². The molecule has 2 aromatic heterocycles. The van der Waals surface area contributed by atoms with E-state index >= 15 is 0 Å². The Morgan fingerprint density at radius 2 is 2.14 bits per heavy atom. The van der Waals surface area contributed by atoms with E-state index < -0.39 is 12.5 Å². The van der Waals surface area contributed by atoms with Crippen molar-refractivity contribution < 1.29 is 8.78 Å². The second-order valence-corrected chi connectivity index (χ2v) is 9.50. The Kier molecular flexibility index (Phi) is 5.60. The number of likely N-dealkylation sites (tertiary alicyclic amines) is 1. The molecule has 1 unspecified atom stereocenters. The lowest BCUT2D eigenvalue weighted by Gasteiger charge is -2.41. The van der Waals surface area contributed by atoms with Crippen LogP contribution in [-0.4, -0.2) is 45.2 Å². The fourth-order valence-electron chi connectivity index (χ4n) is 4.56. The number of nitrogens with one attached hydrogen (secondary N) is 1. The molecule has 2 aliphatic rings. The molecule has 0 spiro atoms. The molecule has 158 valence electrons. The molecule has 3 atom stereocenters. The second kappa shape index (κ2) is 8.01. The predicted octanol–water partition coefficient (Wildman–Crippen LogP) is 4.48. The number of piperidine rings is 1. The normalized spacial score (nSPS) is 25.7. The third kappa shape index (κ3) is 4.44. The van der Waals surface area contributed by atoms with Gasteiger partial charge in [-0.05, 0) is 43.4 Å². The van der Waals surface area contributed by atoms with Gasteiger partial charge in [0.1, 0.15) is 11.9 Å². The van der Waals surface area contributed by atoms with Crippen molar-refractivity contribution in [3.63, 3.8) is 0 Å². The highest BCUT2D eigenvalue weighted by atomic mass is 19.3. The van der Waals surface area contributed by atoms with Crippen LogP contribution in [0, 0.1) is 5.92 Å². The molecule has 2 aromatic rings. The van der Waals surface area contributed by atoms with E-state index in [0.29, 0.717) is 12.3 Å². The van der Waals surface area contributed by atoms with Gasteiger partial charge in [-0.1, -0.05) is 26.8 Å². The van der Waals surface area contributed by atoms with Crippen LogP contribution in [-0.2, 0) is 12.0 Å². The molecule has 7 heteroatoms. The van der Waals surface area contributed by atoms with Crippen LogP contribution < -0.4 is 5.32 Å². The van der Waals surface area contributed by atoms with Crippen molar-refractivity contribution >= 4 is 5.82 Å². The lowest BCUT2D eigenvalue weighted by Crippen LogP contribution is -2.46. The minimum atomic E-state index is -2.42. The number of fused-ring (bicyclic) bond motifs is 1. The Labute approximate surface area is 171 Å². The lowest BCUT2D eigenvalue weighted by molar-refractivity contribution is 0.0550. The van der Waals surface area contributed by atoms with Crippen molar-refractivity contribution in [3.8, 4) is 0 Å². The van der Waals surface area contributed by atoms with E-state index in [2.05, 4.69) is 47.1 Å². The van der Waals surface area contributed by atoms with Gasteiger partial charge in [-0.25, -0.2) is 13.5 Å². The summed E-state index contributed by atoms with van der Waals surface area (Å²) in [6.07, 6.45) is 3.85. The SMILES string of the molecule is CC(C)(C)c1cc2n(n1)[C@H](C(F)F)C[C@H](C1CCCN(Cc3cccnc3)C1)N2. The van der Waals surface area contributed by atoms with Crippen LogP contribution in [0.25, 0.3) is 0 Å². The van der Waals surface area contributed by atoms with Gasteiger partial charge in [0.25, 0.3) is 6.43 Å². The Balaban J connectivity index is 1.50. The van der Waals surface area contributed by atoms with E-state index in [0.717, 1.165) is 44.0 Å². The molecule has 1 N–H and O–H groups in total. The first kappa shape index (κ1) is 20.3. The molecule has 0 aliphatic carbocycles. The number of pyridine rings is 1. The van der Waals surface area contributed by atoms with Crippen LogP contribution in [0.5, 0.6) is 0 Å². The Morgan fingerprint density at radius 1 is 1.31 bits per heavy atom. The number of halogens is 2. The molecule has 1 saturated heterocycles. The molecule has 0 radical (unpaired) electrons. The van der Waals surface area contributed by atoms with Crippen LogP contribution in [0.2, 0.25) is 0 Å². The van der Waals surface area contributed by atoms with Crippen LogP contribution in [0.15, 0.2) is 30.6 Å². The zero-order valence-corrected chi connectivity index (χ0v) is 17.5. The Morgan fingerprint density at radius 3 is 2.83 bits per heavy atom. The van der Waals surface area contributed by atoms with E-state index in [1.165, 1.54) is 10.2 Å². The van der Waals surface area contributed by atoms with Gasteiger partial charge in [0, 0.05) is 43.0 Å². The van der Waals surface area contributed by atoms with Crippen molar-refractivity contribution in [2.45, 2.75) is 70.5 Å². The minimum absolute atomic E-state index is 0.0442. The Bertz CT molecular complexity index is 814. The smallest absolute Gasteiger partial charge is 0.260 e. The molecule has 0 amide bonds. The van der Waals surface area contributed by atoms with E-state index in [9.17, 15) is 8.78 Å². The monoisotopic (exact) mass is 403 g/mol. The largest absolute Gasteiger partial charge is 0.367 e. The van der Waals surface area contributed by atoms with Gasteiger partial charge in [-0.3, -0.25) is 9.88 Å². The number of aromatic nitrogens is 3. The summed E-state index contributed by atoms with van der Waals surface area (Å²) in [5.74, 6) is 1.09. The summed E-state index contributed by atoms with van der Waals surface area (Å²) >= 11 is 0. The van der Waals surface area contributed by atoms with Gasteiger partial charge in [0.05, 0.1) is 5.69 Å². The van der Waals surface area contributed by atoms with Crippen LogP contribution in [0.4, 0.5) is 14.6 Å². The molecule has 2 aliphatic heterocycles. The molecule has 0 bridgehead atoms. The average molecular weight is 404 g/mol. The quantitative estimate of drug-likeness (QED) is 0.818. The van der Waals surface area contributed by atoms with E-state index in [1.807, 2.05) is 18.3 Å². The summed E-state index contributed by atoms with van der Waals surface area (Å²) in [4.78, 5) is 6.63. The van der Waals surface area contributed by atoms with Crippen molar-refractivity contribution in [3.05, 3.63) is 41.9 Å². The van der Waals surface area contributed by atoms with Crippen molar-refractivity contribution in [2.24, 2.45) is 5.92 Å². The first-order valence-electron chi connectivity index (χ1n) is 10.6. The zero-order chi connectivity index (χ0) is 20.6. The van der Waals surface area contributed by atoms with E-state index in [4.69, 9.17) is 0 Å². The minimum Gasteiger partial charge on any atom is -0.367 e. The highest BCUT2D eigenvalue weighted by molar-refractivity contribution is 5.43. The maximum atomic E-state index is 13.9. The summed E-state index contributed by atoms with van der Waals surface area (Å²) in [6.45, 7) is 9.02. The summed E-state index contributed by atoms with van der Waals surface area (Å²) in [6, 6.07) is 5.19. The van der Waals surface area contributed by atoms with Crippen molar-refractivity contribution in [1.82, 2.24) is 19.7 Å². The lowest BCUT2D eigenvalue weighted by atomic mass is 9.85. The average Bonchev–Trinajstić information content (AvgIpc) is 3.13. The number of hydrogen-bond donors (Lipinski definition) is 1. The summed E-state index contributed by atoms with van der Waals surface area (Å²) < 4.78 is 29.3. The highest BCUT2D eigenvalue weighted by Crippen LogP contribution is 2.38. The standard InChI is InChI=1S/C22H31F2N5/c1-22(2,3)19-11-20-26-17(10-18(21(23)24)29(20)27-19)16-7-5-9-28(14-16)13-15-6-4-8-25-12-15/h4,6,8,11-12,16-18,21,26H,5,7,9-10,13-14H2,1-3H3/t16?,17-,18+/m1/s1. The topological polar surface area (TPSA) is 46.0 Å². The summed E-state index contributed by atoms with van der Waals surface area (Å²) in [5, 5.41) is 8.09. The molecule has 4 heterocycles.